The van der Waals surface area contributed by atoms with Gasteiger partial charge in [0.25, 0.3) is 0 Å². The maximum absolute atomic E-state index is 11.7. The van der Waals surface area contributed by atoms with Crippen LogP contribution in [0.2, 0.25) is 0 Å². The first kappa shape index (κ1) is 19.4. The summed E-state index contributed by atoms with van der Waals surface area (Å²) >= 11 is 0. The van der Waals surface area contributed by atoms with Crippen LogP contribution >= 0.6 is 0 Å². The van der Waals surface area contributed by atoms with Crippen LogP contribution < -0.4 is 9.64 Å². The Morgan fingerprint density at radius 2 is 1.93 bits per heavy atom. The zero-order valence-corrected chi connectivity index (χ0v) is 16.7. The van der Waals surface area contributed by atoms with Crippen LogP contribution in [0.5, 0.6) is 5.88 Å². The van der Waals surface area contributed by atoms with Crippen molar-refractivity contribution in [3.8, 4) is 5.88 Å². The molecule has 0 atom stereocenters. The molecule has 1 saturated heterocycles. The maximum atomic E-state index is 11.7. The van der Waals surface area contributed by atoms with Crippen LogP contribution in [-0.4, -0.2) is 71.5 Å². The van der Waals surface area contributed by atoms with E-state index >= 15 is 0 Å². The van der Waals surface area contributed by atoms with Gasteiger partial charge in [-0.25, -0.2) is 28.2 Å². The van der Waals surface area contributed by atoms with E-state index in [1.54, 1.807) is 12.1 Å². The van der Waals surface area contributed by atoms with Crippen molar-refractivity contribution in [3.63, 3.8) is 0 Å². The van der Waals surface area contributed by atoms with Crippen LogP contribution in [0.1, 0.15) is 18.4 Å². The van der Waals surface area contributed by atoms with E-state index in [4.69, 9.17) is 9.84 Å². The summed E-state index contributed by atoms with van der Waals surface area (Å²) in [5.41, 5.74) is 0.857. The van der Waals surface area contributed by atoms with Crippen molar-refractivity contribution in [2.75, 3.05) is 30.8 Å². The lowest BCUT2D eigenvalue weighted by Gasteiger charge is -2.30. The largest absolute Gasteiger partial charge is 0.474 e. The number of piperidine rings is 1. The van der Waals surface area contributed by atoms with E-state index < -0.39 is 15.9 Å². The van der Waals surface area contributed by atoms with Crippen molar-refractivity contribution < 1.29 is 23.1 Å². The normalized spacial score (nSPS) is 17.3. The van der Waals surface area contributed by atoms with Gasteiger partial charge in [0, 0.05) is 51.0 Å². The van der Waals surface area contributed by atoms with E-state index in [0.717, 1.165) is 11.8 Å². The fourth-order valence-electron chi connectivity index (χ4n) is 3.55. The molecule has 154 valence electrons. The number of rotatable bonds is 4. The number of hydrogen-bond acceptors (Lipinski definition) is 8. The van der Waals surface area contributed by atoms with Gasteiger partial charge in [-0.15, -0.1) is 0 Å². The smallest absolute Gasteiger partial charge is 0.407 e. The highest BCUT2D eigenvalue weighted by molar-refractivity contribution is 7.90. The van der Waals surface area contributed by atoms with E-state index in [1.165, 1.54) is 17.4 Å². The second-order valence-electron chi connectivity index (χ2n) is 7.13. The molecule has 1 fully saturated rings. The lowest BCUT2D eigenvalue weighted by Crippen LogP contribution is -2.41. The summed E-state index contributed by atoms with van der Waals surface area (Å²) in [7, 11) is -3.31. The molecule has 1 N–H and O–H groups in total. The molecule has 2 aliphatic heterocycles. The maximum Gasteiger partial charge on any atom is 0.407 e. The average molecular weight is 419 g/mol. The lowest BCUT2D eigenvalue weighted by atomic mass is 10.1. The molecular weight excluding hydrogens is 398 g/mol. The number of amides is 1. The van der Waals surface area contributed by atoms with Crippen LogP contribution in [0.4, 0.5) is 16.4 Å². The summed E-state index contributed by atoms with van der Waals surface area (Å²) in [6.07, 6.45) is 4.81. The number of sulfone groups is 1. The van der Waals surface area contributed by atoms with Crippen LogP contribution in [0.15, 0.2) is 29.6 Å². The minimum Gasteiger partial charge on any atom is -0.474 e. The molecule has 2 aromatic rings. The van der Waals surface area contributed by atoms with Gasteiger partial charge in [0.2, 0.25) is 5.88 Å². The van der Waals surface area contributed by atoms with Gasteiger partial charge >= 0.3 is 6.09 Å². The number of ether oxygens (including phenoxy) is 1. The summed E-state index contributed by atoms with van der Waals surface area (Å²) in [6, 6.07) is 3.39. The number of hydrogen-bond donors (Lipinski definition) is 1. The monoisotopic (exact) mass is 419 g/mol. The number of carbonyl (C=O) groups is 1. The Kier molecular flexibility index (Phi) is 4.99. The van der Waals surface area contributed by atoms with Gasteiger partial charge in [0.1, 0.15) is 24.1 Å². The topological polar surface area (TPSA) is 126 Å². The molecule has 29 heavy (non-hydrogen) atoms. The Balaban J connectivity index is 1.49. The molecule has 0 radical (unpaired) electrons. The van der Waals surface area contributed by atoms with Gasteiger partial charge < -0.3 is 19.6 Å². The second kappa shape index (κ2) is 7.47. The molecule has 2 aliphatic rings. The third kappa shape index (κ3) is 4.09. The highest BCUT2D eigenvalue weighted by atomic mass is 32.2. The number of carboxylic acid groups (broad SMARTS) is 1. The third-order valence-electron chi connectivity index (χ3n) is 5.11. The van der Waals surface area contributed by atoms with Gasteiger partial charge in [0.05, 0.1) is 4.90 Å². The molecule has 11 heteroatoms. The van der Waals surface area contributed by atoms with Crippen molar-refractivity contribution in [2.24, 2.45) is 0 Å². The van der Waals surface area contributed by atoms with E-state index in [-0.39, 0.29) is 11.0 Å². The molecule has 2 aromatic heterocycles. The van der Waals surface area contributed by atoms with E-state index in [1.807, 2.05) is 4.90 Å². The molecule has 4 rings (SSSR count). The van der Waals surface area contributed by atoms with Crippen molar-refractivity contribution in [2.45, 2.75) is 30.3 Å². The zero-order valence-electron chi connectivity index (χ0n) is 15.9. The van der Waals surface area contributed by atoms with Crippen LogP contribution in [0, 0.1) is 0 Å². The fraction of sp³-hybridized carbons (Fsp3) is 0.444. The Hall–Kier alpha value is -2.95. The molecule has 0 aromatic carbocycles. The first-order chi connectivity index (χ1) is 13.8. The summed E-state index contributed by atoms with van der Waals surface area (Å²) < 4.78 is 29.4. The van der Waals surface area contributed by atoms with Gasteiger partial charge in [-0.2, -0.15) is 0 Å². The van der Waals surface area contributed by atoms with Crippen LogP contribution in [0.25, 0.3) is 0 Å². The Morgan fingerprint density at radius 1 is 1.17 bits per heavy atom. The minimum atomic E-state index is -3.31. The molecule has 0 bridgehead atoms. The second-order valence-corrected chi connectivity index (χ2v) is 9.14. The highest BCUT2D eigenvalue weighted by Crippen LogP contribution is 2.33. The summed E-state index contributed by atoms with van der Waals surface area (Å²) in [6.45, 7) is 1.50. The standard InChI is InChI=1S/C18H21N5O5S/c1-29(26,27)14-8-12-2-7-23(17(12)19-10-14)15-9-16(21-11-20-15)28-13-3-5-22(6-4-13)18(24)25/h8-11,13H,2-7H2,1H3,(H,24,25). The van der Waals surface area contributed by atoms with Gasteiger partial charge in [-0.1, -0.05) is 0 Å². The van der Waals surface area contributed by atoms with Gasteiger partial charge in [0.15, 0.2) is 9.84 Å². The zero-order chi connectivity index (χ0) is 20.6. The quantitative estimate of drug-likeness (QED) is 0.784. The fourth-order valence-corrected chi connectivity index (χ4v) is 4.15. The minimum absolute atomic E-state index is 0.102. The first-order valence-corrected chi connectivity index (χ1v) is 11.1. The van der Waals surface area contributed by atoms with Crippen molar-refractivity contribution >= 4 is 27.6 Å². The Labute approximate surface area is 168 Å². The average Bonchev–Trinajstić information content (AvgIpc) is 3.11. The molecule has 0 unspecified atom stereocenters. The van der Waals surface area contributed by atoms with Gasteiger partial charge in [-0.3, -0.25) is 0 Å². The molecule has 0 saturated carbocycles. The summed E-state index contributed by atoms with van der Waals surface area (Å²) in [4.78, 5) is 27.3. The summed E-state index contributed by atoms with van der Waals surface area (Å²) in [5.74, 6) is 1.72. The molecule has 0 spiro atoms. The van der Waals surface area contributed by atoms with Gasteiger partial charge in [-0.05, 0) is 18.1 Å². The molecule has 4 heterocycles. The molecule has 1 amide bonds. The summed E-state index contributed by atoms with van der Waals surface area (Å²) in [5, 5.41) is 9.03. The lowest BCUT2D eigenvalue weighted by molar-refractivity contribution is 0.0870. The van der Waals surface area contributed by atoms with Crippen molar-refractivity contribution in [1.29, 1.82) is 0 Å². The number of nitrogens with zero attached hydrogens (tertiary/aromatic N) is 5. The number of anilines is 2. The molecule has 0 aliphatic carbocycles. The predicted molar refractivity (Wildman–Crippen MR) is 103 cm³/mol. The number of aromatic nitrogens is 3. The predicted octanol–water partition coefficient (Wildman–Crippen LogP) is 1.49. The van der Waals surface area contributed by atoms with E-state index in [9.17, 15) is 13.2 Å². The van der Waals surface area contributed by atoms with E-state index in [2.05, 4.69) is 15.0 Å². The van der Waals surface area contributed by atoms with E-state index in [0.29, 0.717) is 56.4 Å². The Morgan fingerprint density at radius 3 is 2.62 bits per heavy atom. The Bertz CT molecular complexity index is 1040. The highest BCUT2D eigenvalue weighted by Gasteiger charge is 2.27. The molecular formula is C18H21N5O5S. The van der Waals surface area contributed by atoms with Crippen LogP contribution in [0.3, 0.4) is 0 Å². The SMILES string of the molecule is CS(=O)(=O)c1cnc2c(c1)CCN2c1cc(OC2CCN(C(=O)O)CC2)ncn1. The van der Waals surface area contributed by atoms with Crippen molar-refractivity contribution in [3.05, 3.63) is 30.2 Å². The van der Waals surface area contributed by atoms with Crippen molar-refractivity contribution in [1.82, 2.24) is 19.9 Å². The first-order valence-electron chi connectivity index (χ1n) is 9.24. The third-order valence-corrected chi connectivity index (χ3v) is 6.19. The number of pyridine rings is 1. The van der Waals surface area contributed by atoms with Crippen LogP contribution in [-0.2, 0) is 16.3 Å². The number of likely N-dealkylation sites (tertiary alicyclic amines) is 1. The molecule has 10 nitrogen and oxygen atoms in total. The number of fused-ring (bicyclic) bond motifs is 1.